The number of hydrogen-bond donors (Lipinski definition) is 1. The van der Waals surface area contributed by atoms with E-state index in [4.69, 9.17) is 0 Å². The van der Waals surface area contributed by atoms with Gasteiger partial charge in [-0.05, 0) is 36.8 Å². The second-order valence-electron chi connectivity index (χ2n) is 4.81. The number of nitrogens with one attached hydrogen (secondary N) is 1. The van der Waals surface area contributed by atoms with E-state index in [1.54, 1.807) is 0 Å². The van der Waals surface area contributed by atoms with Crippen molar-refractivity contribution in [1.82, 2.24) is 5.32 Å². The van der Waals surface area contributed by atoms with Crippen LogP contribution in [-0.2, 0) is 7.05 Å². The monoisotopic (exact) mass is 252 g/mol. The number of benzene rings is 1. The van der Waals surface area contributed by atoms with Crippen LogP contribution < -0.4 is 14.8 Å². The normalized spacial score (nSPS) is 13.7. The van der Waals surface area contributed by atoms with Gasteiger partial charge < -0.3 is 5.32 Å². The first-order chi connectivity index (χ1) is 9.27. The maximum atomic E-state index is 3.33. The lowest BCUT2D eigenvalue weighted by Gasteiger charge is -2.19. The quantitative estimate of drug-likeness (QED) is 0.786. The van der Waals surface area contributed by atoms with Crippen LogP contribution in [0.2, 0.25) is 0 Å². The van der Waals surface area contributed by atoms with Gasteiger partial charge in [-0.3, -0.25) is 0 Å². The summed E-state index contributed by atoms with van der Waals surface area (Å²) in [4.78, 5) is 2.31. The van der Waals surface area contributed by atoms with Crippen molar-refractivity contribution in [3.8, 4) is 0 Å². The number of rotatable bonds is 1. The lowest BCUT2D eigenvalue weighted by molar-refractivity contribution is -0.658. The van der Waals surface area contributed by atoms with E-state index in [1.807, 2.05) is 6.20 Å². The molecule has 0 saturated carbocycles. The zero-order chi connectivity index (χ0) is 13.2. The van der Waals surface area contributed by atoms with Gasteiger partial charge in [0.05, 0.1) is 18.8 Å². The number of hydrogen-bond acceptors (Lipinski definition) is 2. The molecule has 1 aliphatic heterocycles. The topological polar surface area (TPSA) is 19.1 Å². The first-order valence-corrected chi connectivity index (χ1v) is 6.49. The summed E-state index contributed by atoms with van der Waals surface area (Å²) in [6.07, 6.45) is 6.22. The summed E-state index contributed by atoms with van der Waals surface area (Å²) in [6.45, 7) is 2.92. The standard InChI is InChI=1S/C16H18N3/c1-13-6-3-4-8-15(13)19-12-17-10-9-14-7-5-11-18(2)16(14)19/h3-11,17H,12H2,1-2H3/q+1. The summed E-state index contributed by atoms with van der Waals surface area (Å²) in [5.41, 5.74) is 3.74. The van der Waals surface area contributed by atoms with Crippen molar-refractivity contribution in [2.24, 2.45) is 7.05 Å². The number of para-hydroxylation sites is 1. The molecule has 96 valence electrons. The third-order valence-electron chi connectivity index (χ3n) is 3.47. The maximum absolute atomic E-state index is 3.33. The lowest BCUT2D eigenvalue weighted by Crippen LogP contribution is -2.40. The van der Waals surface area contributed by atoms with E-state index in [2.05, 4.69) is 77.4 Å². The molecule has 19 heavy (non-hydrogen) atoms. The van der Waals surface area contributed by atoms with E-state index in [0.717, 1.165) is 6.67 Å². The van der Waals surface area contributed by atoms with Gasteiger partial charge in [-0.2, -0.15) is 0 Å². The molecule has 0 unspecified atom stereocenters. The Morgan fingerprint density at radius 2 is 2.00 bits per heavy atom. The van der Waals surface area contributed by atoms with Crippen LogP contribution in [0.1, 0.15) is 11.1 Å². The highest BCUT2D eigenvalue weighted by Gasteiger charge is 2.25. The van der Waals surface area contributed by atoms with Gasteiger partial charge in [0, 0.05) is 6.20 Å². The third-order valence-corrected chi connectivity index (χ3v) is 3.47. The molecule has 0 bridgehead atoms. The van der Waals surface area contributed by atoms with E-state index in [-0.39, 0.29) is 0 Å². The van der Waals surface area contributed by atoms with E-state index >= 15 is 0 Å². The minimum atomic E-state index is 0.770. The largest absolute Gasteiger partial charge is 0.356 e. The lowest BCUT2D eigenvalue weighted by atomic mass is 10.1. The number of aromatic nitrogens is 1. The van der Waals surface area contributed by atoms with Gasteiger partial charge in [0.2, 0.25) is 0 Å². The van der Waals surface area contributed by atoms with Gasteiger partial charge in [-0.25, -0.2) is 9.47 Å². The van der Waals surface area contributed by atoms with Crippen molar-refractivity contribution in [2.75, 3.05) is 11.6 Å². The van der Waals surface area contributed by atoms with Gasteiger partial charge in [-0.15, -0.1) is 0 Å². The Bertz CT molecular complexity index is 632. The predicted octanol–water partition coefficient (Wildman–Crippen LogP) is 2.49. The molecule has 0 fully saturated rings. The van der Waals surface area contributed by atoms with Crippen LogP contribution in [0, 0.1) is 6.92 Å². The number of nitrogens with zero attached hydrogens (tertiary/aromatic N) is 2. The average Bonchev–Trinajstić information content (AvgIpc) is 2.63. The molecule has 0 saturated heterocycles. The molecule has 0 radical (unpaired) electrons. The molecule has 3 rings (SSSR count). The molecule has 1 N–H and O–H groups in total. The van der Waals surface area contributed by atoms with Gasteiger partial charge >= 0.3 is 0 Å². The molecule has 3 heteroatoms. The van der Waals surface area contributed by atoms with Crippen LogP contribution in [0.4, 0.5) is 11.5 Å². The highest BCUT2D eigenvalue weighted by atomic mass is 15.3. The fourth-order valence-electron chi connectivity index (χ4n) is 2.53. The van der Waals surface area contributed by atoms with Crippen LogP contribution in [0.25, 0.3) is 6.08 Å². The molecule has 0 atom stereocenters. The Morgan fingerprint density at radius 1 is 1.16 bits per heavy atom. The molecular formula is C16H18N3+. The molecule has 0 spiro atoms. The molecule has 2 heterocycles. The van der Waals surface area contributed by atoms with E-state index < -0.39 is 0 Å². The molecule has 0 aliphatic carbocycles. The summed E-state index contributed by atoms with van der Waals surface area (Å²) in [6, 6.07) is 12.7. The Labute approximate surface area is 113 Å². The summed E-state index contributed by atoms with van der Waals surface area (Å²) in [7, 11) is 2.09. The minimum absolute atomic E-state index is 0.770. The summed E-state index contributed by atoms with van der Waals surface area (Å²) >= 11 is 0. The third kappa shape index (κ3) is 2.08. The van der Waals surface area contributed by atoms with Crippen molar-refractivity contribution in [3.05, 3.63) is 59.9 Å². The van der Waals surface area contributed by atoms with Crippen LogP contribution in [0.15, 0.2) is 48.8 Å². The van der Waals surface area contributed by atoms with Gasteiger partial charge in [0.1, 0.15) is 5.69 Å². The van der Waals surface area contributed by atoms with Crippen LogP contribution in [0.3, 0.4) is 0 Å². The molecular weight excluding hydrogens is 234 g/mol. The highest BCUT2D eigenvalue weighted by molar-refractivity contribution is 5.71. The van der Waals surface area contributed by atoms with Gasteiger partial charge in [0.15, 0.2) is 6.67 Å². The minimum Gasteiger partial charge on any atom is -0.356 e. The van der Waals surface area contributed by atoms with Crippen LogP contribution in [-0.4, -0.2) is 6.67 Å². The Balaban J connectivity index is 2.18. The molecule has 1 aromatic heterocycles. The van der Waals surface area contributed by atoms with Crippen molar-refractivity contribution < 1.29 is 4.57 Å². The smallest absolute Gasteiger partial charge is 0.290 e. The van der Waals surface area contributed by atoms with Crippen molar-refractivity contribution >= 4 is 17.6 Å². The van der Waals surface area contributed by atoms with Crippen molar-refractivity contribution in [2.45, 2.75) is 6.92 Å². The number of anilines is 2. The van der Waals surface area contributed by atoms with E-state index in [0.29, 0.717) is 0 Å². The molecule has 1 aromatic carbocycles. The fraction of sp³-hybridized carbons (Fsp3) is 0.188. The zero-order valence-electron chi connectivity index (χ0n) is 11.3. The molecule has 1 aliphatic rings. The maximum Gasteiger partial charge on any atom is 0.290 e. The highest BCUT2D eigenvalue weighted by Crippen LogP contribution is 2.29. The van der Waals surface area contributed by atoms with Crippen molar-refractivity contribution in [1.29, 1.82) is 0 Å². The van der Waals surface area contributed by atoms with E-state index in [1.165, 1.54) is 22.6 Å². The first-order valence-electron chi connectivity index (χ1n) is 6.49. The van der Waals surface area contributed by atoms with Crippen molar-refractivity contribution in [3.63, 3.8) is 0 Å². The number of fused-ring (bicyclic) bond motifs is 1. The first kappa shape index (κ1) is 11.8. The Morgan fingerprint density at radius 3 is 2.84 bits per heavy atom. The molecule has 3 nitrogen and oxygen atoms in total. The second kappa shape index (κ2) is 4.76. The van der Waals surface area contributed by atoms with Gasteiger partial charge in [-0.1, -0.05) is 18.2 Å². The summed E-state index contributed by atoms with van der Waals surface area (Å²) in [5.74, 6) is 1.21. The van der Waals surface area contributed by atoms with E-state index in [9.17, 15) is 0 Å². The van der Waals surface area contributed by atoms with Gasteiger partial charge in [0.25, 0.3) is 5.82 Å². The fourth-order valence-corrected chi connectivity index (χ4v) is 2.53. The number of pyridine rings is 1. The zero-order valence-corrected chi connectivity index (χ0v) is 11.3. The Hall–Kier alpha value is -2.29. The second-order valence-corrected chi connectivity index (χ2v) is 4.81. The Kier molecular flexibility index (Phi) is 2.95. The SMILES string of the molecule is Cc1ccccc1N1CNC=Cc2ccc[n+](C)c21. The van der Waals surface area contributed by atoms with Crippen LogP contribution in [0.5, 0.6) is 0 Å². The predicted molar refractivity (Wildman–Crippen MR) is 78.0 cm³/mol. The molecule has 0 amide bonds. The average molecular weight is 252 g/mol. The molecule has 2 aromatic rings. The summed E-state index contributed by atoms with van der Waals surface area (Å²) in [5, 5.41) is 3.33. The van der Waals surface area contributed by atoms with Crippen LogP contribution >= 0.6 is 0 Å². The number of aryl methyl sites for hydroxylation is 2. The summed E-state index contributed by atoms with van der Waals surface area (Å²) < 4.78 is 2.17.